The minimum absolute atomic E-state index is 0.0360. The van der Waals surface area contributed by atoms with Crippen molar-refractivity contribution in [2.24, 2.45) is 11.8 Å². The summed E-state index contributed by atoms with van der Waals surface area (Å²) in [6.45, 7) is 0. The summed E-state index contributed by atoms with van der Waals surface area (Å²) in [5.74, 6) is -1.46. The monoisotopic (exact) mass is 316 g/mol. The Balaban J connectivity index is 1.45. The van der Waals surface area contributed by atoms with Crippen molar-refractivity contribution in [3.05, 3.63) is 29.8 Å². The number of amides is 2. The first-order valence-electron chi connectivity index (χ1n) is 7.94. The molecule has 6 heteroatoms. The summed E-state index contributed by atoms with van der Waals surface area (Å²) in [5.41, 5.74) is 1.95. The third kappa shape index (κ3) is 3.52. The molecule has 1 atom stereocenters. The van der Waals surface area contributed by atoms with E-state index in [9.17, 15) is 14.4 Å². The fraction of sp³-hybridized carbons (Fsp3) is 0.471. The molecule has 1 heterocycles. The van der Waals surface area contributed by atoms with Gasteiger partial charge in [-0.05, 0) is 37.3 Å². The zero-order valence-corrected chi connectivity index (χ0v) is 12.7. The number of carboxylic acid groups (broad SMARTS) is 1. The Labute approximate surface area is 134 Å². The topological polar surface area (TPSA) is 95.5 Å². The number of carboxylic acids is 1. The fourth-order valence-corrected chi connectivity index (χ4v) is 3.19. The molecular formula is C17H20N2O4. The minimum Gasteiger partial charge on any atom is -0.481 e. The zero-order chi connectivity index (χ0) is 16.4. The van der Waals surface area contributed by atoms with Crippen LogP contribution in [0.25, 0.3) is 0 Å². The van der Waals surface area contributed by atoms with Crippen LogP contribution < -0.4 is 10.6 Å². The van der Waals surface area contributed by atoms with Crippen molar-refractivity contribution in [1.82, 2.24) is 5.32 Å². The molecule has 1 aromatic carbocycles. The molecule has 1 aromatic rings. The maximum absolute atomic E-state index is 12.1. The molecule has 1 fully saturated rings. The molecule has 0 bridgehead atoms. The van der Waals surface area contributed by atoms with Gasteiger partial charge in [-0.2, -0.15) is 0 Å². The molecule has 0 aromatic heterocycles. The highest BCUT2D eigenvalue weighted by atomic mass is 16.4. The van der Waals surface area contributed by atoms with Crippen LogP contribution in [-0.4, -0.2) is 28.9 Å². The lowest BCUT2D eigenvalue weighted by molar-refractivity contribution is -0.146. The van der Waals surface area contributed by atoms with Gasteiger partial charge in [-0.25, -0.2) is 0 Å². The molecule has 1 unspecified atom stereocenters. The van der Waals surface area contributed by atoms with E-state index in [1.165, 1.54) is 0 Å². The highest BCUT2D eigenvalue weighted by Gasteiger charge is 2.35. The van der Waals surface area contributed by atoms with Crippen LogP contribution in [0, 0.1) is 11.8 Å². The molecule has 2 aliphatic rings. The average molecular weight is 316 g/mol. The lowest BCUT2D eigenvalue weighted by Gasteiger charge is -2.33. The van der Waals surface area contributed by atoms with E-state index < -0.39 is 5.97 Å². The van der Waals surface area contributed by atoms with Crippen molar-refractivity contribution in [1.29, 1.82) is 0 Å². The average Bonchev–Trinajstić information content (AvgIpc) is 2.48. The van der Waals surface area contributed by atoms with E-state index in [1.807, 2.05) is 24.3 Å². The van der Waals surface area contributed by atoms with Crippen LogP contribution in [0.2, 0.25) is 0 Å². The first-order chi connectivity index (χ1) is 11.0. The maximum Gasteiger partial charge on any atom is 0.306 e. The number of para-hydroxylation sites is 1. The summed E-state index contributed by atoms with van der Waals surface area (Å²) in [6, 6.07) is 7.66. The molecule has 0 radical (unpaired) electrons. The Morgan fingerprint density at radius 3 is 2.74 bits per heavy atom. The number of aliphatic carboxylic acids is 1. The number of fused-ring (bicyclic) bond motifs is 1. The predicted octanol–water partition coefficient (Wildman–Crippen LogP) is 1.56. The second-order valence-corrected chi connectivity index (χ2v) is 6.36. The van der Waals surface area contributed by atoms with Crippen LogP contribution in [0.15, 0.2) is 24.3 Å². The number of anilines is 1. The summed E-state index contributed by atoms with van der Waals surface area (Å²) in [6.07, 6.45) is 2.44. The normalized spacial score (nSPS) is 25.7. The quantitative estimate of drug-likeness (QED) is 0.768. The molecule has 1 aliphatic carbocycles. The van der Waals surface area contributed by atoms with Crippen molar-refractivity contribution in [3.8, 4) is 0 Å². The summed E-state index contributed by atoms with van der Waals surface area (Å²) >= 11 is 0. The van der Waals surface area contributed by atoms with Crippen LogP contribution in [-0.2, 0) is 20.8 Å². The van der Waals surface area contributed by atoms with E-state index in [4.69, 9.17) is 5.11 Å². The third-order valence-corrected chi connectivity index (χ3v) is 4.68. The first kappa shape index (κ1) is 15.5. The van der Waals surface area contributed by atoms with E-state index in [0.29, 0.717) is 25.7 Å². The van der Waals surface area contributed by atoms with E-state index >= 15 is 0 Å². The largest absolute Gasteiger partial charge is 0.481 e. The molecule has 3 rings (SSSR count). The van der Waals surface area contributed by atoms with Crippen molar-refractivity contribution in [2.45, 2.75) is 38.1 Å². The van der Waals surface area contributed by atoms with Gasteiger partial charge in [0.1, 0.15) is 0 Å². The Morgan fingerprint density at radius 2 is 2.00 bits per heavy atom. The van der Waals surface area contributed by atoms with Gasteiger partial charge in [-0.3, -0.25) is 14.4 Å². The van der Waals surface area contributed by atoms with Gasteiger partial charge < -0.3 is 15.7 Å². The number of hydrogen-bond donors (Lipinski definition) is 3. The zero-order valence-electron chi connectivity index (χ0n) is 12.7. The number of rotatable bonds is 5. The van der Waals surface area contributed by atoms with E-state index in [0.717, 1.165) is 11.3 Å². The summed E-state index contributed by atoms with van der Waals surface area (Å²) in [7, 11) is 0. The van der Waals surface area contributed by atoms with E-state index in [1.54, 1.807) is 0 Å². The summed E-state index contributed by atoms with van der Waals surface area (Å²) in [5, 5.41) is 14.5. The van der Waals surface area contributed by atoms with Crippen molar-refractivity contribution in [2.75, 3.05) is 5.32 Å². The standard InChI is InChI=1S/C17H20N2O4/c20-15(18-13-8-12(9-13)17(22)23)6-5-11-7-10-3-1-2-4-14(10)19-16(11)21/h1-4,11-13H,5-9H2,(H,18,20)(H,19,21)(H,22,23). The molecular weight excluding hydrogens is 296 g/mol. The number of hydrogen-bond acceptors (Lipinski definition) is 3. The lowest BCUT2D eigenvalue weighted by Crippen LogP contribution is -2.46. The fourth-order valence-electron chi connectivity index (χ4n) is 3.19. The van der Waals surface area contributed by atoms with Gasteiger partial charge in [0.25, 0.3) is 0 Å². The number of benzene rings is 1. The van der Waals surface area contributed by atoms with Crippen LogP contribution in [0.5, 0.6) is 0 Å². The summed E-state index contributed by atoms with van der Waals surface area (Å²) < 4.78 is 0. The van der Waals surface area contributed by atoms with Crippen molar-refractivity contribution in [3.63, 3.8) is 0 Å². The van der Waals surface area contributed by atoms with Gasteiger partial charge in [0.15, 0.2) is 0 Å². The first-order valence-corrected chi connectivity index (χ1v) is 7.94. The predicted molar refractivity (Wildman–Crippen MR) is 83.8 cm³/mol. The Morgan fingerprint density at radius 1 is 1.26 bits per heavy atom. The molecule has 0 saturated heterocycles. The van der Waals surface area contributed by atoms with E-state index in [-0.39, 0.29) is 36.1 Å². The molecule has 2 amide bonds. The second-order valence-electron chi connectivity index (χ2n) is 6.36. The van der Waals surface area contributed by atoms with Gasteiger partial charge in [0.05, 0.1) is 5.92 Å². The van der Waals surface area contributed by atoms with E-state index in [2.05, 4.69) is 10.6 Å². The van der Waals surface area contributed by atoms with Crippen LogP contribution >= 0.6 is 0 Å². The Kier molecular flexibility index (Phi) is 4.32. The van der Waals surface area contributed by atoms with Crippen molar-refractivity contribution >= 4 is 23.5 Å². The van der Waals surface area contributed by atoms with Crippen LogP contribution in [0.1, 0.15) is 31.2 Å². The minimum atomic E-state index is -0.798. The van der Waals surface area contributed by atoms with Crippen LogP contribution in [0.4, 0.5) is 5.69 Å². The van der Waals surface area contributed by atoms with Gasteiger partial charge in [0.2, 0.25) is 11.8 Å². The smallest absolute Gasteiger partial charge is 0.306 e. The van der Waals surface area contributed by atoms with Gasteiger partial charge in [-0.15, -0.1) is 0 Å². The highest BCUT2D eigenvalue weighted by molar-refractivity contribution is 5.96. The molecule has 1 aliphatic heterocycles. The third-order valence-electron chi connectivity index (χ3n) is 4.68. The second kappa shape index (κ2) is 6.40. The Bertz CT molecular complexity index is 637. The summed E-state index contributed by atoms with van der Waals surface area (Å²) in [4.78, 5) is 34.7. The highest BCUT2D eigenvalue weighted by Crippen LogP contribution is 2.29. The van der Waals surface area contributed by atoms with Gasteiger partial charge >= 0.3 is 5.97 Å². The molecule has 23 heavy (non-hydrogen) atoms. The lowest BCUT2D eigenvalue weighted by atomic mass is 9.80. The van der Waals surface area contributed by atoms with Crippen molar-refractivity contribution < 1.29 is 19.5 Å². The molecule has 1 saturated carbocycles. The maximum atomic E-state index is 12.1. The number of nitrogens with one attached hydrogen (secondary N) is 2. The molecule has 6 nitrogen and oxygen atoms in total. The SMILES string of the molecule is O=C(CCC1Cc2ccccc2NC1=O)NC1CC(C(=O)O)C1. The molecule has 3 N–H and O–H groups in total. The molecule has 0 spiro atoms. The molecule has 122 valence electrons. The van der Waals surface area contributed by atoms with Gasteiger partial charge in [0, 0.05) is 24.1 Å². The van der Waals surface area contributed by atoms with Crippen LogP contribution in [0.3, 0.4) is 0 Å². The number of carbonyl (C=O) groups is 3. The van der Waals surface area contributed by atoms with Gasteiger partial charge in [-0.1, -0.05) is 18.2 Å². The Hall–Kier alpha value is -2.37. The number of carbonyl (C=O) groups excluding carboxylic acids is 2.